The van der Waals surface area contributed by atoms with Gasteiger partial charge in [-0.05, 0) is 41.8 Å². The summed E-state index contributed by atoms with van der Waals surface area (Å²) in [5.41, 5.74) is -1.83. The number of aliphatic carboxylic acids is 1. The predicted molar refractivity (Wildman–Crippen MR) is 142 cm³/mol. The summed E-state index contributed by atoms with van der Waals surface area (Å²) in [4.78, 5) is 32.1. The molecule has 6 nitrogen and oxygen atoms in total. The number of aromatic amines is 1. The molecule has 42 heavy (non-hydrogen) atoms. The zero-order valence-corrected chi connectivity index (χ0v) is 21.9. The van der Waals surface area contributed by atoms with Gasteiger partial charge in [-0.15, -0.1) is 0 Å². The van der Waals surface area contributed by atoms with E-state index in [1.807, 2.05) is 24.3 Å². The number of carbonyl (C=O) groups is 2. The Kier molecular flexibility index (Phi) is 7.76. The summed E-state index contributed by atoms with van der Waals surface area (Å²) >= 11 is 0. The number of nitrogens with zero attached hydrogens (tertiary/aromatic N) is 2. The molecule has 0 aliphatic carbocycles. The normalized spacial score (nSPS) is 17.4. The van der Waals surface area contributed by atoms with Gasteiger partial charge in [0.05, 0.1) is 11.1 Å². The van der Waals surface area contributed by atoms with Crippen molar-refractivity contribution in [1.29, 1.82) is 0 Å². The van der Waals surface area contributed by atoms with Gasteiger partial charge in [0.25, 0.3) is 5.91 Å². The molecule has 12 heteroatoms. The molecular formula is C30H25F6N3O3. The minimum absolute atomic E-state index is 0.0161. The van der Waals surface area contributed by atoms with Crippen molar-refractivity contribution >= 4 is 22.8 Å². The molecule has 0 saturated carbocycles. The molecule has 1 saturated heterocycles. The fourth-order valence-corrected chi connectivity index (χ4v) is 5.50. The number of piperazine rings is 1. The van der Waals surface area contributed by atoms with Crippen LogP contribution in [0.25, 0.3) is 10.9 Å². The Morgan fingerprint density at radius 2 is 1.50 bits per heavy atom. The molecule has 1 aliphatic rings. The van der Waals surface area contributed by atoms with Gasteiger partial charge in [0.15, 0.2) is 0 Å². The average molecular weight is 590 g/mol. The lowest BCUT2D eigenvalue weighted by molar-refractivity contribution is -0.145. The number of para-hydroxylation sites is 1. The van der Waals surface area contributed by atoms with Crippen molar-refractivity contribution in [2.45, 2.75) is 30.9 Å². The Balaban J connectivity index is 1.54. The van der Waals surface area contributed by atoms with Crippen molar-refractivity contribution in [3.05, 3.63) is 107 Å². The fourth-order valence-electron chi connectivity index (χ4n) is 5.50. The van der Waals surface area contributed by atoms with Crippen LogP contribution in [0.5, 0.6) is 0 Å². The summed E-state index contributed by atoms with van der Waals surface area (Å²) in [7, 11) is 0. The molecule has 2 atom stereocenters. The molecule has 0 spiro atoms. The third-order valence-electron chi connectivity index (χ3n) is 7.45. The maximum atomic E-state index is 13.7. The van der Waals surface area contributed by atoms with E-state index in [0.29, 0.717) is 17.7 Å². The number of fused-ring (bicyclic) bond motifs is 1. The summed E-state index contributed by atoms with van der Waals surface area (Å²) in [5.74, 6) is -2.12. The highest BCUT2D eigenvalue weighted by Crippen LogP contribution is 2.37. The van der Waals surface area contributed by atoms with Gasteiger partial charge in [-0.2, -0.15) is 26.3 Å². The van der Waals surface area contributed by atoms with E-state index >= 15 is 0 Å². The van der Waals surface area contributed by atoms with Crippen molar-refractivity contribution in [1.82, 2.24) is 14.8 Å². The fraction of sp³-hybridized carbons (Fsp3) is 0.267. The summed E-state index contributed by atoms with van der Waals surface area (Å²) < 4.78 is 81.2. The first-order valence-electron chi connectivity index (χ1n) is 13.0. The number of carbonyl (C=O) groups excluding carboxylic acids is 1. The number of aromatic nitrogens is 1. The monoisotopic (exact) mass is 589 g/mol. The zero-order valence-electron chi connectivity index (χ0n) is 21.9. The van der Waals surface area contributed by atoms with Crippen LogP contribution in [0.15, 0.2) is 79.0 Å². The number of benzene rings is 3. The highest BCUT2D eigenvalue weighted by Gasteiger charge is 2.40. The number of hydrogen-bond acceptors (Lipinski definition) is 3. The second kappa shape index (κ2) is 11.2. The van der Waals surface area contributed by atoms with Crippen LogP contribution >= 0.6 is 0 Å². The van der Waals surface area contributed by atoms with Crippen molar-refractivity contribution < 1.29 is 41.0 Å². The minimum Gasteiger partial charge on any atom is -0.480 e. The third-order valence-corrected chi connectivity index (χ3v) is 7.45. The average Bonchev–Trinajstić information content (AvgIpc) is 3.35. The van der Waals surface area contributed by atoms with E-state index in [2.05, 4.69) is 4.98 Å². The Morgan fingerprint density at radius 3 is 2.12 bits per heavy atom. The molecule has 4 aromatic rings. The summed E-state index contributed by atoms with van der Waals surface area (Å²) in [5, 5.41) is 10.9. The Bertz CT molecular complexity index is 1570. The lowest BCUT2D eigenvalue weighted by atomic mass is 9.96. The van der Waals surface area contributed by atoms with Gasteiger partial charge >= 0.3 is 18.3 Å². The highest BCUT2D eigenvalue weighted by atomic mass is 19.4. The van der Waals surface area contributed by atoms with Crippen molar-refractivity contribution in [2.24, 2.45) is 0 Å². The minimum atomic E-state index is -5.11. The number of carboxylic acid groups (broad SMARTS) is 1. The molecule has 3 aromatic carbocycles. The molecule has 1 aromatic heterocycles. The second-order valence-electron chi connectivity index (χ2n) is 10.2. The van der Waals surface area contributed by atoms with Crippen LogP contribution in [0.4, 0.5) is 26.3 Å². The van der Waals surface area contributed by atoms with E-state index in [4.69, 9.17) is 0 Å². The number of alkyl halides is 6. The third kappa shape index (κ3) is 5.98. The summed E-state index contributed by atoms with van der Waals surface area (Å²) in [6, 6.07) is 14.8. The van der Waals surface area contributed by atoms with Gasteiger partial charge in [-0.1, -0.05) is 48.5 Å². The van der Waals surface area contributed by atoms with E-state index in [1.54, 1.807) is 41.4 Å². The van der Waals surface area contributed by atoms with Crippen LogP contribution in [-0.4, -0.2) is 57.4 Å². The molecule has 0 radical (unpaired) electrons. The Morgan fingerprint density at radius 1 is 0.881 bits per heavy atom. The number of hydrogen-bond donors (Lipinski definition) is 2. The van der Waals surface area contributed by atoms with E-state index in [1.165, 1.54) is 4.90 Å². The number of amides is 1. The smallest absolute Gasteiger partial charge is 0.416 e. The molecule has 1 aliphatic heterocycles. The molecule has 220 valence electrons. The van der Waals surface area contributed by atoms with Gasteiger partial charge < -0.3 is 15.0 Å². The second-order valence-corrected chi connectivity index (χ2v) is 10.2. The molecule has 2 N–H and O–H groups in total. The number of rotatable bonds is 6. The maximum absolute atomic E-state index is 13.7. The molecular weight excluding hydrogens is 564 g/mol. The van der Waals surface area contributed by atoms with E-state index in [-0.39, 0.29) is 32.1 Å². The quantitative estimate of drug-likeness (QED) is 0.255. The maximum Gasteiger partial charge on any atom is 0.416 e. The van der Waals surface area contributed by atoms with Gasteiger partial charge in [0.1, 0.15) is 6.04 Å². The van der Waals surface area contributed by atoms with E-state index in [9.17, 15) is 41.0 Å². The lowest BCUT2D eigenvalue weighted by Gasteiger charge is -2.43. The summed E-state index contributed by atoms with van der Waals surface area (Å²) in [6.07, 6.45) is -8.31. The van der Waals surface area contributed by atoms with Gasteiger partial charge in [0.2, 0.25) is 0 Å². The van der Waals surface area contributed by atoms with Gasteiger partial charge in [-0.25, -0.2) is 0 Å². The van der Waals surface area contributed by atoms with Gasteiger partial charge in [-0.3, -0.25) is 14.5 Å². The number of carboxylic acids is 1. The number of halogens is 6. The zero-order chi connectivity index (χ0) is 30.2. The lowest BCUT2D eigenvalue weighted by Crippen LogP contribution is -2.57. The topological polar surface area (TPSA) is 76.6 Å². The molecule has 2 heterocycles. The molecule has 1 fully saturated rings. The molecule has 1 unspecified atom stereocenters. The van der Waals surface area contributed by atoms with Crippen LogP contribution in [0.3, 0.4) is 0 Å². The number of H-pyrrole nitrogens is 1. The first kappa shape index (κ1) is 29.2. The largest absolute Gasteiger partial charge is 0.480 e. The predicted octanol–water partition coefficient (Wildman–Crippen LogP) is 6.40. The first-order chi connectivity index (χ1) is 19.8. The van der Waals surface area contributed by atoms with E-state index in [0.717, 1.165) is 16.5 Å². The molecule has 5 rings (SSSR count). The van der Waals surface area contributed by atoms with Crippen LogP contribution in [0.1, 0.15) is 38.7 Å². The first-order valence-corrected chi connectivity index (χ1v) is 13.0. The van der Waals surface area contributed by atoms with Gasteiger partial charge in [0, 0.05) is 48.3 Å². The van der Waals surface area contributed by atoms with Crippen LogP contribution < -0.4 is 0 Å². The van der Waals surface area contributed by atoms with Crippen LogP contribution in [0.2, 0.25) is 0 Å². The molecule has 1 amide bonds. The van der Waals surface area contributed by atoms with Crippen LogP contribution in [-0.2, 0) is 23.6 Å². The molecule has 0 bridgehead atoms. The van der Waals surface area contributed by atoms with Crippen molar-refractivity contribution in [3.63, 3.8) is 0 Å². The highest BCUT2D eigenvalue weighted by molar-refractivity contribution is 5.95. The van der Waals surface area contributed by atoms with Crippen molar-refractivity contribution in [3.8, 4) is 0 Å². The SMILES string of the molecule is O=C(O)C(c1ccccc1)N1CCN(C(=O)c2cc(C(F)(F)F)cc(C(F)(F)F)c2)[C@H](Cc2c[nH]c3ccccc23)C1. The van der Waals surface area contributed by atoms with Crippen molar-refractivity contribution in [2.75, 3.05) is 19.6 Å². The standard InChI is InChI=1S/C30H25F6N3O3/c31-29(32,33)21-12-19(13-22(15-21)30(34,35)36)27(40)39-11-10-38(26(28(41)42)18-6-2-1-3-7-18)17-23(39)14-20-16-37-25-9-5-4-8-24(20)25/h1-9,12-13,15-16,23,26,37H,10-11,14,17H2,(H,41,42)/t23-,26?/m1/s1. The van der Waals surface area contributed by atoms with E-state index < -0.39 is 53.0 Å². The summed E-state index contributed by atoms with van der Waals surface area (Å²) in [6.45, 7) is -0.0602. The Hall–Kier alpha value is -4.32. The number of nitrogens with one attached hydrogen (secondary N) is 1. The van der Waals surface area contributed by atoms with Crippen LogP contribution in [0, 0.1) is 0 Å². The Labute approximate surface area is 236 Å².